The summed E-state index contributed by atoms with van der Waals surface area (Å²) in [6.45, 7) is 3.72. The van der Waals surface area contributed by atoms with Crippen LogP contribution in [0.1, 0.15) is 37.7 Å². The minimum atomic E-state index is 0. The van der Waals surface area contributed by atoms with E-state index in [0.717, 1.165) is 37.8 Å². The SMILES string of the molecule is CN=C(NCCCOCCOC)NCC1(c2cccc(OC)c2)CCCC1.I. The maximum atomic E-state index is 5.49. The fourth-order valence-corrected chi connectivity index (χ4v) is 3.67. The molecular weight excluding hydrogens is 469 g/mol. The number of methoxy groups -OCH3 is 2. The first-order valence-corrected chi connectivity index (χ1v) is 9.90. The highest BCUT2D eigenvalue weighted by atomic mass is 127. The van der Waals surface area contributed by atoms with Gasteiger partial charge in [-0.1, -0.05) is 25.0 Å². The van der Waals surface area contributed by atoms with E-state index < -0.39 is 0 Å². The van der Waals surface area contributed by atoms with Gasteiger partial charge in [-0.05, 0) is 37.0 Å². The summed E-state index contributed by atoms with van der Waals surface area (Å²) in [7, 11) is 5.23. The molecule has 1 fully saturated rings. The van der Waals surface area contributed by atoms with Gasteiger partial charge < -0.3 is 24.8 Å². The lowest BCUT2D eigenvalue weighted by molar-refractivity contribution is 0.0698. The molecule has 6 nitrogen and oxygen atoms in total. The Bertz CT molecular complexity index is 578. The largest absolute Gasteiger partial charge is 0.497 e. The molecular formula is C21H36IN3O3. The maximum Gasteiger partial charge on any atom is 0.191 e. The Morgan fingerprint density at radius 2 is 1.89 bits per heavy atom. The van der Waals surface area contributed by atoms with Crippen LogP contribution in [0.5, 0.6) is 5.75 Å². The molecule has 2 rings (SSSR count). The predicted molar refractivity (Wildman–Crippen MR) is 125 cm³/mol. The lowest BCUT2D eigenvalue weighted by atomic mass is 9.78. The molecule has 0 amide bonds. The van der Waals surface area contributed by atoms with E-state index in [0.29, 0.717) is 13.2 Å². The van der Waals surface area contributed by atoms with Crippen LogP contribution in [0.25, 0.3) is 0 Å². The van der Waals surface area contributed by atoms with Crippen molar-refractivity contribution in [3.63, 3.8) is 0 Å². The van der Waals surface area contributed by atoms with Crippen molar-refractivity contribution in [3.8, 4) is 5.75 Å². The van der Waals surface area contributed by atoms with Crippen LogP contribution < -0.4 is 15.4 Å². The van der Waals surface area contributed by atoms with Crippen LogP contribution >= 0.6 is 24.0 Å². The molecule has 28 heavy (non-hydrogen) atoms. The zero-order valence-corrected chi connectivity index (χ0v) is 19.8. The third-order valence-corrected chi connectivity index (χ3v) is 5.25. The highest BCUT2D eigenvalue weighted by Gasteiger charge is 2.35. The van der Waals surface area contributed by atoms with E-state index in [9.17, 15) is 0 Å². The maximum absolute atomic E-state index is 5.49. The highest BCUT2D eigenvalue weighted by molar-refractivity contribution is 14.0. The molecule has 0 unspecified atom stereocenters. The van der Waals surface area contributed by atoms with Crippen molar-refractivity contribution in [1.29, 1.82) is 0 Å². The molecule has 1 aromatic rings. The molecule has 0 heterocycles. The van der Waals surface area contributed by atoms with E-state index in [-0.39, 0.29) is 29.4 Å². The Balaban J connectivity index is 0.00000392. The first kappa shape index (κ1) is 25.0. The normalized spacial score (nSPS) is 15.8. The second-order valence-electron chi connectivity index (χ2n) is 7.03. The van der Waals surface area contributed by atoms with Crippen molar-refractivity contribution in [1.82, 2.24) is 10.6 Å². The van der Waals surface area contributed by atoms with Crippen molar-refractivity contribution in [3.05, 3.63) is 29.8 Å². The molecule has 0 spiro atoms. The summed E-state index contributed by atoms with van der Waals surface area (Å²) in [6, 6.07) is 8.50. The number of benzene rings is 1. The molecule has 7 heteroatoms. The molecule has 160 valence electrons. The molecule has 1 aliphatic carbocycles. The molecule has 0 radical (unpaired) electrons. The number of halogens is 1. The van der Waals surface area contributed by atoms with E-state index in [2.05, 4.69) is 33.8 Å². The van der Waals surface area contributed by atoms with Gasteiger partial charge >= 0.3 is 0 Å². The van der Waals surface area contributed by atoms with Crippen molar-refractivity contribution >= 4 is 29.9 Å². The number of nitrogens with one attached hydrogen (secondary N) is 2. The van der Waals surface area contributed by atoms with Crippen molar-refractivity contribution < 1.29 is 14.2 Å². The lowest BCUT2D eigenvalue weighted by Gasteiger charge is -2.31. The number of hydrogen-bond acceptors (Lipinski definition) is 4. The zero-order chi connectivity index (χ0) is 19.4. The Labute approximate surface area is 186 Å². The summed E-state index contributed by atoms with van der Waals surface area (Å²) in [5.74, 6) is 1.77. The standard InChI is InChI=1S/C21H35N3O3.HI/c1-22-20(23-12-7-13-27-15-14-25-2)24-17-21(10-4-5-11-21)18-8-6-9-19(16-18)26-3;/h6,8-9,16H,4-5,7,10-15,17H2,1-3H3,(H2,22,23,24);1H. The van der Waals surface area contributed by atoms with Gasteiger partial charge in [0.15, 0.2) is 5.96 Å². The summed E-state index contributed by atoms with van der Waals surface area (Å²) >= 11 is 0. The average molecular weight is 505 g/mol. The Kier molecular flexibility index (Phi) is 12.5. The van der Waals surface area contributed by atoms with Gasteiger partial charge in [-0.25, -0.2) is 0 Å². The molecule has 2 N–H and O–H groups in total. The van der Waals surface area contributed by atoms with Crippen LogP contribution in [0, 0.1) is 0 Å². The van der Waals surface area contributed by atoms with Crippen molar-refractivity contribution in [2.24, 2.45) is 4.99 Å². The third-order valence-electron chi connectivity index (χ3n) is 5.25. The second-order valence-corrected chi connectivity index (χ2v) is 7.03. The van der Waals surface area contributed by atoms with Crippen LogP contribution in [-0.4, -0.2) is 60.1 Å². The second kappa shape index (κ2) is 14.0. The third kappa shape index (κ3) is 7.75. The van der Waals surface area contributed by atoms with E-state index >= 15 is 0 Å². The Morgan fingerprint density at radius 3 is 2.57 bits per heavy atom. The summed E-state index contributed by atoms with van der Waals surface area (Å²) in [4.78, 5) is 4.36. The minimum absolute atomic E-state index is 0. The lowest BCUT2D eigenvalue weighted by Crippen LogP contribution is -2.45. The van der Waals surface area contributed by atoms with Crippen molar-refractivity contribution in [2.45, 2.75) is 37.5 Å². The number of ether oxygens (including phenoxy) is 3. The van der Waals surface area contributed by atoms with Gasteiger partial charge in [-0.15, -0.1) is 24.0 Å². The van der Waals surface area contributed by atoms with E-state index in [4.69, 9.17) is 14.2 Å². The molecule has 0 aromatic heterocycles. The van der Waals surface area contributed by atoms with Crippen molar-refractivity contribution in [2.75, 3.05) is 54.2 Å². The predicted octanol–water partition coefficient (Wildman–Crippen LogP) is 3.34. The zero-order valence-electron chi connectivity index (χ0n) is 17.5. The number of guanidine groups is 1. The fraction of sp³-hybridized carbons (Fsp3) is 0.667. The van der Waals surface area contributed by atoms with Gasteiger partial charge in [0.25, 0.3) is 0 Å². The van der Waals surface area contributed by atoms with Gasteiger partial charge in [-0.3, -0.25) is 4.99 Å². The van der Waals surface area contributed by atoms with Gasteiger partial charge in [0.05, 0.1) is 20.3 Å². The summed E-state index contributed by atoms with van der Waals surface area (Å²) in [6.07, 6.45) is 5.86. The fourth-order valence-electron chi connectivity index (χ4n) is 3.67. The number of rotatable bonds is 11. The van der Waals surface area contributed by atoms with Crippen LogP contribution in [0.4, 0.5) is 0 Å². The Morgan fingerprint density at radius 1 is 1.11 bits per heavy atom. The first-order valence-electron chi connectivity index (χ1n) is 9.90. The molecule has 0 bridgehead atoms. The molecule has 1 saturated carbocycles. The highest BCUT2D eigenvalue weighted by Crippen LogP contribution is 2.41. The van der Waals surface area contributed by atoms with Crippen LogP contribution in [0.2, 0.25) is 0 Å². The summed E-state index contributed by atoms with van der Waals surface area (Å²) in [5.41, 5.74) is 1.50. The van der Waals surface area contributed by atoms with E-state index in [1.165, 1.54) is 31.2 Å². The average Bonchev–Trinajstić information content (AvgIpc) is 3.20. The van der Waals surface area contributed by atoms with E-state index in [1.807, 2.05) is 13.1 Å². The summed E-state index contributed by atoms with van der Waals surface area (Å²) < 4.78 is 15.9. The molecule has 0 aliphatic heterocycles. The van der Waals surface area contributed by atoms with Crippen LogP contribution in [0.15, 0.2) is 29.3 Å². The van der Waals surface area contributed by atoms with Gasteiger partial charge in [0.1, 0.15) is 5.75 Å². The van der Waals surface area contributed by atoms with Gasteiger partial charge in [0.2, 0.25) is 0 Å². The molecule has 1 aromatic carbocycles. The first-order chi connectivity index (χ1) is 13.2. The monoisotopic (exact) mass is 505 g/mol. The quantitative estimate of drug-likeness (QED) is 0.209. The van der Waals surface area contributed by atoms with Crippen LogP contribution in [-0.2, 0) is 14.9 Å². The molecule has 0 saturated heterocycles. The van der Waals surface area contributed by atoms with Gasteiger partial charge in [0, 0.05) is 39.3 Å². The summed E-state index contributed by atoms with van der Waals surface area (Å²) in [5, 5.41) is 6.92. The topological polar surface area (TPSA) is 64.1 Å². The van der Waals surface area contributed by atoms with Gasteiger partial charge in [-0.2, -0.15) is 0 Å². The number of nitrogens with zero attached hydrogens (tertiary/aromatic N) is 1. The van der Waals surface area contributed by atoms with E-state index in [1.54, 1.807) is 14.2 Å². The molecule has 1 aliphatic rings. The number of aliphatic imine (C=N–C) groups is 1. The minimum Gasteiger partial charge on any atom is -0.497 e. The molecule has 0 atom stereocenters. The number of hydrogen-bond donors (Lipinski definition) is 2. The smallest absolute Gasteiger partial charge is 0.191 e. The van der Waals surface area contributed by atoms with Crippen LogP contribution in [0.3, 0.4) is 0 Å². The Hall–Kier alpha value is -1.06.